The van der Waals surface area contributed by atoms with Crippen molar-refractivity contribution < 1.29 is 4.92 Å². The molecule has 0 spiro atoms. The Kier molecular flexibility index (Phi) is 4.82. The highest BCUT2D eigenvalue weighted by Gasteiger charge is 2.27. The molecule has 0 aromatic carbocycles. The van der Waals surface area contributed by atoms with Crippen LogP contribution in [-0.4, -0.2) is 46.3 Å². The lowest BCUT2D eigenvalue weighted by molar-refractivity contribution is -0.384. The van der Waals surface area contributed by atoms with Gasteiger partial charge < -0.3 is 10.2 Å². The van der Waals surface area contributed by atoms with Crippen molar-refractivity contribution in [3.05, 3.63) is 15.8 Å². The third-order valence-corrected chi connectivity index (χ3v) is 4.01. The quantitative estimate of drug-likeness (QED) is 0.667. The zero-order chi connectivity index (χ0) is 15.6. The Morgan fingerprint density at radius 2 is 2.24 bits per heavy atom. The SMILES string of the molecule is Cc1nn(C(C)C)c(NCC2CCCN(C)C2)c1[N+](=O)[O-]. The molecule has 0 radical (unpaired) electrons. The lowest BCUT2D eigenvalue weighted by Crippen LogP contribution is -2.35. The summed E-state index contributed by atoms with van der Waals surface area (Å²) in [5.74, 6) is 1.07. The summed E-state index contributed by atoms with van der Waals surface area (Å²) in [4.78, 5) is 13.3. The normalized spacial score (nSPS) is 20.0. The molecule has 1 unspecified atom stereocenters. The second-order valence-electron chi connectivity index (χ2n) is 6.23. The number of rotatable bonds is 5. The van der Waals surface area contributed by atoms with E-state index >= 15 is 0 Å². The van der Waals surface area contributed by atoms with Crippen LogP contribution in [0.1, 0.15) is 38.4 Å². The van der Waals surface area contributed by atoms with Gasteiger partial charge in [-0.3, -0.25) is 10.1 Å². The molecule has 1 fully saturated rings. The average Bonchev–Trinajstić information content (AvgIpc) is 2.73. The highest BCUT2D eigenvalue weighted by Crippen LogP contribution is 2.31. The van der Waals surface area contributed by atoms with E-state index < -0.39 is 0 Å². The van der Waals surface area contributed by atoms with E-state index in [0.717, 1.165) is 19.6 Å². The van der Waals surface area contributed by atoms with Crippen LogP contribution in [-0.2, 0) is 0 Å². The van der Waals surface area contributed by atoms with Gasteiger partial charge in [0.15, 0.2) is 0 Å². The van der Waals surface area contributed by atoms with Gasteiger partial charge in [-0.25, -0.2) is 4.68 Å². The van der Waals surface area contributed by atoms with Crippen molar-refractivity contribution in [1.29, 1.82) is 0 Å². The number of likely N-dealkylation sites (tertiary alicyclic amines) is 1. The van der Waals surface area contributed by atoms with Crippen molar-refractivity contribution in [2.45, 2.75) is 39.7 Å². The Balaban J connectivity index is 2.16. The maximum absolute atomic E-state index is 11.3. The summed E-state index contributed by atoms with van der Waals surface area (Å²) in [6, 6.07) is 0.0916. The highest BCUT2D eigenvalue weighted by atomic mass is 16.6. The molecule has 1 saturated heterocycles. The van der Waals surface area contributed by atoms with E-state index in [0.29, 0.717) is 17.4 Å². The van der Waals surface area contributed by atoms with Crippen molar-refractivity contribution in [3.63, 3.8) is 0 Å². The lowest BCUT2D eigenvalue weighted by atomic mass is 9.98. The molecule has 7 heteroatoms. The molecule has 1 aromatic heterocycles. The minimum atomic E-state index is -0.337. The third kappa shape index (κ3) is 3.53. The first kappa shape index (κ1) is 15.8. The summed E-state index contributed by atoms with van der Waals surface area (Å²) < 4.78 is 1.72. The fraction of sp³-hybridized carbons (Fsp3) is 0.786. The van der Waals surface area contributed by atoms with Crippen LogP contribution in [0, 0.1) is 23.0 Å². The molecular formula is C14H25N5O2. The Bertz CT molecular complexity index is 512. The highest BCUT2D eigenvalue weighted by molar-refractivity contribution is 5.59. The molecule has 2 rings (SSSR count). The van der Waals surface area contributed by atoms with Crippen LogP contribution in [0.3, 0.4) is 0 Å². The molecule has 1 atom stereocenters. The Morgan fingerprint density at radius 1 is 1.52 bits per heavy atom. The Hall–Kier alpha value is -1.63. The lowest BCUT2D eigenvalue weighted by Gasteiger charge is -2.30. The molecule has 0 bridgehead atoms. The monoisotopic (exact) mass is 295 g/mol. The second kappa shape index (κ2) is 6.43. The summed E-state index contributed by atoms with van der Waals surface area (Å²) in [6.45, 7) is 8.58. The molecule has 1 aromatic rings. The largest absolute Gasteiger partial charge is 0.364 e. The van der Waals surface area contributed by atoms with Crippen molar-refractivity contribution in [2.75, 3.05) is 32.0 Å². The molecule has 1 N–H and O–H groups in total. The minimum Gasteiger partial charge on any atom is -0.364 e. The Morgan fingerprint density at radius 3 is 2.81 bits per heavy atom. The standard InChI is InChI=1S/C14H25N5O2/c1-10(2)18-14(13(19(20)21)11(3)16-18)15-8-12-6-5-7-17(4)9-12/h10,12,15H,5-9H2,1-4H3. The minimum absolute atomic E-state index is 0.0916. The van der Waals surface area contributed by atoms with E-state index in [1.807, 2.05) is 13.8 Å². The zero-order valence-corrected chi connectivity index (χ0v) is 13.3. The number of aromatic nitrogens is 2. The summed E-state index contributed by atoms with van der Waals surface area (Å²) in [6.07, 6.45) is 2.35. The van der Waals surface area contributed by atoms with Crippen molar-refractivity contribution >= 4 is 11.5 Å². The summed E-state index contributed by atoms with van der Waals surface area (Å²) in [7, 11) is 2.12. The first-order valence-corrected chi connectivity index (χ1v) is 7.56. The molecule has 0 amide bonds. The number of piperidine rings is 1. The van der Waals surface area contributed by atoms with Gasteiger partial charge in [0.25, 0.3) is 0 Å². The maximum atomic E-state index is 11.3. The van der Waals surface area contributed by atoms with E-state index in [-0.39, 0.29) is 16.7 Å². The topological polar surface area (TPSA) is 76.2 Å². The van der Waals surface area contributed by atoms with Crippen molar-refractivity contribution in [1.82, 2.24) is 14.7 Å². The summed E-state index contributed by atoms with van der Waals surface area (Å²) >= 11 is 0. The third-order valence-electron chi connectivity index (χ3n) is 4.01. The molecule has 0 aliphatic carbocycles. The molecule has 1 aliphatic heterocycles. The van der Waals surface area contributed by atoms with Gasteiger partial charge in [0.2, 0.25) is 5.82 Å². The van der Waals surface area contributed by atoms with Crippen LogP contribution in [0.5, 0.6) is 0 Å². The maximum Gasteiger partial charge on any atom is 0.333 e. The number of anilines is 1. The number of nitro groups is 1. The van der Waals surface area contributed by atoms with Gasteiger partial charge in [-0.2, -0.15) is 5.10 Å². The van der Waals surface area contributed by atoms with Crippen LogP contribution < -0.4 is 5.32 Å². The van der Waals surface area contributed by atoms with E-state index in [1.54, 1.807) is 11.6 Å². The van der Waals surface area contributed by atoms with E-state index in [2.05, 4.69) is 22.4 Å². The van der Waals surface area contributed by atoms with Gasteiger partial charge in [0.1, 0.15) is 5.69 Å². The fourth-order valence-electron chi connectivity index (χ4n) is 2.98. The van der Waals surface area contributed by atoms with Gasteiger partial charge in [0.05, 0.1) is 4.92 Å². The van der Waals surface area contributed by atoms with E-state index in [9.17, 15) is 10.1 Å². The van der Waals surface area contributed by atoms with E-state index in [1.165, 1.54) is 12.8 Å². The molecule has 118 valence electrons. The molecule has 2 heterocycles. The van der Waals surface area contributed by atoms with Gasteiger partial charge >= 0.3 is 5.69 Å². The van der Waals surface area contributed by atoms with Crippen LogP contribution >= 0.6 is 0 Å². The van der Waals surface area contributed by atoms with E-state index in [4.69, 9.17) is 0 Å². The molecule has 7 nitrogen and oxygen atoms in total. The van der Waals surface area contributed by atoms with Gasteiger partial charge in [0, 0.05) is 19.1 Å². The number of nitrogens with one attached hydrogen (secondary N) is 1. The van der Waals surface area contributed by atoms with Gasteiger partial charge in [-0.1, -0.05) is 0 Å². The molecular weight excluding hydrogens is 270 g/mol. The predicted octanol–water partition coefficient (Wildman–Crippen LogP) is 2.43. The van der Waals surface area contributed by atoms with Crippen LogP contribution in [0.25, 0.3) is 0 Å². The van der Waals surface area contributed by atoms with Crippen molar-refractivity contribution in [3.8, 4) is 0 Å². The first-order chi connectivity index (χ1) is 9.90. The fourth-order valence-corrected chi connectivity index (χ4v) is 2.98. The smallest absolute Gasteiger partial charge is 0.333 e. The Labute approximate surface area is 125 Å². The number of hydrogen-bond donors (Lipinski definition) is 1. The van der Waals surface area contributed by atoms with Crippen molar-refractivity contribution in [2.24, 2.45) is 5.92 Å². The number of aryl methyl sites for hydroxylation is 1. The van der Waals surface area contributed by atoms with Crippen LogP contribution in [0.15, 0.2) is 0 Å². The summed E-state index contributed by atoms with van der Waals surface area (Å²) in [5, 5.41) is 18.9. The average molecular weight is 295 g/mol. The number of nitrogens with zero attached hydrogens (tertiary/aromatic N) is 4. The summed E-state index contributed by atoms with van der Waals surface area (Å²) in [5.41, 5.74) is 0.574. The molecule has 1 aliphatic rings. The van der Waals surface area contributed by atoms with Gasteiger partial charge in [-0.05, 0) is 53.1 Å². The zero-order valence-electron chi connectivity index (χ0n) is 13.3. The second-order valence-corrected chi connectivity index (χ2v) is 6.23. The molecule has 21 heavy (non-hydrogen) atoms. The van der Waals surface area contributed by atoms with Crippen LogP contribution in [0.2, 0.25) is 0 Å². The molecule has 0 saturated carbocycles. The predicted molar refractivity (Wildman–Crippen MR) is 82.7 cm³/mol. The first-order valence-electron chi connectivity index (χ1n) is 7.56. The number of hydrogen-bond acceptors (Lipinski definition) is 5. The van der Waals surface area contributed by atoms with Gasteiger partial charge in [-0.15, -0.1) is 0 Å². The van der Waals surface area contributed by atoms with Crippen LogP contribution in [0.4, 0.5) is 11.5 Å².